The average Bonchev–Trinajstić information content (AvgIpc) is 2.56. The summed E-state index contributed by atoms with van der Waals surface area (Å²) < 4.78 is 27.1. The quantitative estimate of drug-likeness (QED) is 0.870. The fourth-order valence-corrected chi connectivity index (χ4v) is 4.73. The van der Waals surface area contributed by atoms with Crippen LogP contribution in [0.1, 0.15) is 36.7 Å². The predicted octanol–water partition coefficient (Wildman–Crippen LogP) is 1.46. The van der Waals surface area contributed by atoms with Crippen molar-refractivity contribution >= 4 is 15.9 Å². The zero-order valence-corrected chi connectivity index (χ0v) is 15.7. The smallest absolute Gasteiger partial charge is 0.254 e. The highest BCUT2D eigenvalue weighted by molar-refractivity contribution is 7.89. The van der Waals surface area contributed by atoms with Crippen LogP contribution in [-0.4, -0.2) is 62.3 Å². The van der Waals surface area contributed by atoms with Crippen LogP contribution in [0.15, 0.2) is 23.1 Å². The lowest BCUT2D eigenvalue weighted by Gasteiger charge is -2.34. The Balaban J connectivity index is 2.40. The molecule has 1 atom stereocenters. The molecule has 0 unspecified atom stereocenters. The Bertz CT molecular complexity index is 699. The molecular weight excluding hydrogens is 326 g/mol. The van der Waals surface area contributed by atoms with E-state index in [0.717, 1.165) is 13.1 Å². The Hall–Kier alpha value is -1.44. The summed E-state index contributed by atoms with van der Waals surface area (Å²) in [5.74, 6) is -0.111. The summed E-state index contributed by atoms with van der Waals surface area (Å²) in [6, 6.07) is 5.06. The zero-order valence-electron chi connectivity index (χ0n) is 14.9. The zero-order chi connectivity index (χ0) is 17.9. The summed E-state index contributed by atoms with van der Waals surface area (Å²) in [5, 5.41) is 3.25. The standard InChI is InChI=1S/C17H27N3O3S/c1-5-19(6-2)24(22,23)16-11-15(8-7-13(16)3)17(21)20-10-9-18-12-14(20)4/h7-8,11,14,18H,5-6,9-10,12H2,1-4H3/t14-/m1/s1. The molecule has 6 nitrogen and oxygen atoms in total. The first-order chi connectivity index (χ1) is 11.3. The second-order valence-corrected chi connectivity index (χ2v) is 8.03. The molecule has 2 rings (SSSR count). The van der Waals surface area contributed by atoms with Crippen molar-refractivity contribution in [3.05, 3.63) is 29.3 Å². The number of nitrogens with one attached hydrogen (secondary N) is 1. The van der Waals surface area contributed by atoms with Gasteiger partial charge in [-0.05, 0) is 31.5 Å². The van der Waals surface area contributed by atoms with Crippen molar-refractivity contribution < 1.29 is 13.2 Å². The molecule has 0 saturated carbocycles. The maximum Gasteiger partial charge on any atom is 0.254 e. The number of carbonyl (C=O) groups is 1. The van der Waals surface area contributed by atoms with Crippen molar-refractivity contribution in [2.45, 2.75) is 38.6 Å². The van der Waals surface area contributed by atoms with Crippen LogP contribution >= 0.6 is 0 Å². The first-order valence-corrected chi connectivity index (χ1v) is 9.89. The largest absolute Gasteiger partial charge is 0.333 e. The van der Waals surface area contributed by atoms with Crippen LogP contribution < -0.4 is 5.32 Å². The predicted molar refractivity (Wildman–Crippen MR) is 94.7 cm³/mol. The van der Waals surface area contributed by atoms with Crippen LogP contribution in [0, 0.1) is 6.92 Å². The molecule has 1 saturated heterocycles. The van der Waals surface area contributed by atoms with Crippen LogP contribution in [0.4, 0.5) is 0 Å². The molecule has 7 heteroatoms. The summed E-state index contributed by atoms with van der Waals surface area (Å²) in [5.41, 5.74) is 1.09. The van der Waals surface area contributed by atoms with E-state index in [-0.39, 0.29) is 16.8 Å². The Morgan fingerprint density at radius 3 is 2.58 bits per heavy atom. The molecular formula is C17H27N3O3S. The molecule has 0 spiro atoms. The number of benzene rings is 1. The highest BCUT2D eigenvalue weighted by atomic mass is 32.2. The molecule has 1 N–H and O–H groups in total. The van der Waals surface area contributed by atoms with E-state index in [1.807, 2.05) is 20.8 Å². The molecule has 24 heavy (non-hydrogen) atoms. The monoisotopic (exact) mass is 353 g/mol. The van der Waals surface area contributed by atoms with E-state index in [0.29, 0.717) is 30.8 Å². The fourth-order valence-electron chi connectivity index (χ4n) is 3.02. The van der Waals surface area contributed by atoms with Crippen molar-refractivity contribution in [3.8, 4) is 0 Å². The van der Waals surface area contributed by atoms with Gasteiger partial charge in [0.05, 0.1) is 4.90 Å². The molecule has 1 fully saturated rings. The van der Waals surface area contributed by atoms with Crippen LogP contribution in [0.2, 0.25) is 0 Å². The Morgan fingerprint density at radius 2 is 2.00 bits per heavy atom. The van der Waals surface area contributed by atoms with Gasteiger partial charge >= 0.3 is 0 Å². The van der Waals surface area contributed by atoms with Crippen molar-refractivity contribution in [2.75, 3.05) is 32.7 Å². The molecule has 0 aliphatic carbocycles. The van der Waals surface area contributed by atoms with Crippen LogP contribution in [0.25, 0.3) is 0 Å². The van der Waals surface area contributed by atoms with Gasteiger partial charge in [-0.1, -0.05) is 19.9 Å². The van der Waals surface area contributed by atoms with Crippen molar-refractivity contribution in [1.29, 1.82) is 0 Å². The number of piperazine rings is 1. The van der Waals surface area contributed by atoms with E-state index in [4.69, 9.17) is 0 Å². The van der Waals surface area contributed by atoms with Gasteiger partial charge in [0.25, 0.3) is 5.91 Å². The SMILES string of the molecule is CCN(CC)S(=O)(=O)c1cc(C(=O)N2CCNC[C@H]2C)ccc1C. The first kappa shape index (κ1) is 18.9. The topological polar surface area (TPSA) is 69.7 Å². The lowest BCUT2D eigenvalue weighted by molar-refractivity contribution is 0.0655. The van der Waals surface area contributed by atoms with Gasteiger partial charge in [0.2, 0.25) is 10.0 Å². The summed E-state index contributed by atoms with van der Waals surface area (Å²) in [6.45, 7) is 10.3. The minimum atomic E-state index is -3.58. The van der Waals surface area contributed by atoms with Gasteiger partial charge < -0.3 is 10.2 Å². The summed E-state index contributed by atoms with van der Waals surface area (Å²) in [7, 11) is -3.58. The Morgan fingerprint density at radius 1 is 1.33 bits per heavy atom. The van der Waals surface area contributed by atoms with Crippen LogP contribution in [-0.2, 0) is 10.0 Å². The molecule has 0 bridgehead atoms. The molecule has 1 amide bonds. The molecule has 1 aromatic carbocycles. The number of hydrogen-bond acceptors (Lipinski definition) is 4. The molecule has 134 valence electrons. The van der Waals surface area contributed by atoms with Gasteiger partial charge in [-0.25, -0.2) is 8.42 Å². The summed E-state index contributed by atoms with van der Waals surface area (Å²) in [4.78, 5) is 14.8. The van der Waals surface area contributed by atoms with Gasteiger partial charge in [-0.15, -0.1) is 0 Å². The van der Waals surface area contributed by atoms with E-state index < -0.39 is 10.0 Å². The van der Waals surface area contributed by atoms with Crippen LogP contribution in [0.5, 0.6) is 0 Å². The number of aryl methyl sites for hydroxylation is 1. The average molecular weight is 353 g/mol. The minimum Gasteiger partial charge on any atom is -0.333 e. The van der Waals surface area contributed by atoms with Gasteiger partial charge in [-0.2, -0.15) is 4.31 Å². The lowest BCUT2D eigenvalue weighted by atomic mass is 10.1. The third kappa shape index (κ3) is 3.63. The normalized spacial score (nSPS) is 18.9. The number of amides is 1. The van der Waals surface area contributed by atoms with E-state index in [2.05, 4.69) is 5.32 Å². The van der Waals surface area contributed by atoms with Crippen LogP contribution in [0.3, 0.4) is 0 Å². The molecule has 1 heterocycles. The fraction of sp³-hybridized carbons (Fsp3) is 0.588. The van der Waals surface area contributed by atoms with Crippen molar-refractivity contribution in [2.24, 2.45) is 0 Å². The summed E-state index contributed by atoms with van der Waals surface area (Å²) >= 11 is 0. The second-order valence-electron chi connectivity index (χ2n) is 6.12. The molecule has 1 aliphatic rings. The number of rotatable bonds is 5. The highest BCUT2D eigenvalue weighted by Gasteiger charge is 2.28. The second kappa shape index (κ2) is 7.63. The van der Waals surface area contributed by atoms with Gasteiger partial charge in [0, 0.05) is 44.3 Å². The van der Waals surface area contributed by atoms with E-state index in [1.54, 1.807) is 24.0 Å². The molecule has 1 aromatic rings. The maximum absolute atomic E-state index is 12.8. The Kier molecular flexibility index (Phi) is 6.01. The van der Waals surface area contributed by atoms with E-state index >= 15 is 0 Å². The van der Waals surface area contributed by atoms with Gasteiger partial charge in [-0.3, -0.25) is 4.79 Å². The van der Waals surface area contributed by atoms with Crippen molar-refractivity contribution in [1.82, 2.24) is 14.5 Å². The lowest BCUT2D eigenvalue weighted by Crippen LogP contribution is -2.52. The Labute approximate surface area is 144 Å². The molecule has 0 aromatic heterocycles. The minimum absolute atomic E-state index is 0.0930. The number of nitrogens with zero attached hydrogens (tertiary/aromatic N) is 2. The van der Waals surface area contributed by atoms with Gasteiger partial charge in [0.1, 0.15) is 0 Å². The summed E-state index contributed by atoms with van der Waals surface area (Å²) in [6.07, 6.45) is 0. The van der Waals surface area contributed by atoms with E-state index in [9.17, 15) is 13.2 Å². The third-order valence-corrected chi connectivity index (χ3v) is 6.71. The van der Waals surface area contributed by atoms with E-state index in [1.165, 1.54) is 10.4 Å². The van der Waals surface area contributed by atoms with Gasteiger partial charge in [0.15, 0.2) is 0 Å². The van der Waals surface area contributed by atoms with Crippen molar-refractivity contribution in [3.63, 3.8) is 0 Å². The number of sulfonamides is 1. The number of carbonyl (C=O) groups excluding carboxylic acids is 1. The molecule has 0 radical (unpaired) electrons. The maximum atomic E-state index is 12.8. The molecule has 1 aliphatic heterocycles. The highest BCUT2D eigenvalue weighted by Crippen LogP contribution is 2.22. The third-order valence-electron chi connectivity index (χ3n) is 4.52. The first-order valence-electron chi connectivity index (χ1n) is 8.45. The number of hydrogen-bond donors (Lipinski definition) is 1.